The molecule has 1 aliphatic heterocycles. The number of nitrogens with one attached hydrogen (secondary N) is 2. The van der Waals surface area contributed by atoms with Crippen molar-refractivity contribution in [3.05, 3.63) is 46.1 Å². The van der Waals surface area contributed by atoms with Gasteiger partial charge in [-0.15, -0.1) is 10.2 Å². The fourth-order valence-corrected chi connectivity index (χ4v) is 2.85. The Morgan fingerprint density at radius 2 is 2.00 bits per heavy atom. The van der Waals surface area contributed by atoms with Crippen molar-refractivity contribution in [2.45, 2.75) is 25.8 Å². The monoisotopic (exact) mass is 310 g/mol. The Morgan fingerprint density at radius 1 is 1.17 bits per heavy atom. The highest BCUT2D eigenvalue weighted by Gasteiger charge is 2.20. The molecule has 2 N–H and O–H groups in total. The first kappa shape index (κ1) is 13.6. The van der Waals surface area contributed by atoms with E-state index in [0.29, 0.717) is 16.7 Å². The van der Waals surface area contributed by atoms with Crippen LogP contribution in [-0.2, 0) is 13.0 Å². The van der Waals surface area contributed by atoms with Gasteiger partial charge in [0.2, 0.25) is 5.95 Å². The zero-order valence-corrected chi connectivity index (χ0v) is 12.2. The van der Waals surface area contributed by atoms with E-state index < -0.39 is 5.91 Å². The molecule has 3 aromatic rings. The minimum atomic E-state index is -0.418. The van der Waals surface area contributed by atoms with Gasteiger partial charge in [-0.1, -0.05) is 18.2 Å². The van der Waals surface area contributed by atoms with Crippen molar-refractivity contribution in [3.8, 4) is 0 Å². The zero-order valence-electron chi connectivity index (χ0n) is 12.2. The molecule has 1 aliphatic rings. The van der Waals surface area contributed by atoms with E-state index in [0.717, 1.165) is 31.6 Å². The maximum Gasteiger partial charge on any atom is 0.279 e. The highest BCUT2D eigenvalue weighted by atomic mass is 16.2. The molecule has 1 amide bonds. The largest absolute Gasteiger partial charge is 0.297 e. The molecule has 0 aliphatic carbocycles. The fourth-order valence-electron chi connectivity index (χ4n) is 2.85. The van der Waals surface area contributed by atoms with Crippen molar-refractivity contribution in [1.29, 1.82) is 0 Å². The maximum absolute atomic E-state index is 12.5. The molecule has 8 nitrogen and oxygen atoms in total. The van der Waals surface area contributed by atoms with E-state index in [1.807, 2.05) is 4.57 Å². The molecule has 1 aromatic carbocycles. The third-order valence-corrected chi connectivity index (χ3v) is 4.00. The van der Waals surface area contributed by atoms with Gasteiger partial charge < -0.3 is 0 Å². The number of carbonyl (C=O) groups is 1. The summed E-state index contributed by atoms with van der Waals surface area (Å²) in [4.78, 5) is 24.3. The van der Waals surface area contributed by atoms with Crippen LogP contribution in [0.25, 0.3) is 10.8 Å². The summed E-state index contributed by atoms with van der Waals surface area (Å²) in [5.74, 6) is 0.880. The first-order valence-electron chi connectivity index (χ1n) is 7.45. The van der Waals surface area contributed by atoms with Crippen molar-refractivity contribution in [2.75, 3.05) is 5.32 Å². The second-order valence-electron chi connectivity index (χ2n) is 5.45. The number of fused-ring (bicyclic) bond motifs is 2. The number of aryl methyl sites for hydroxylation is 1. The number of rotatable bonds is 2. The van der Waals surface area contributed by atoms with E-state index in [9.17, 15) is 9.59 Å². The Morgan fingerprint density at radius 3 is 2.87 bits per heavy atom. The van der Waals surface area contributed by atoms with E-state index in [2.05, 4.69) is 25.7 Å². The summed E-state index contributed by atoms with van der Waals surface area (Å²) in [6.07, 6.45) is 2.98. The van der Waals surface area contributed by atoms with Crippen LogP contribution in [0.3, 0.4) is 0 Å². The van der Waals surface area contributed by atoms with Crippen LogP contribution >= 0.6 is 0 Å². The van der Waals surface area contributed by atoms with Gasteiger partial charge in [0.15, 0.2) is 5.69 Å². The molecule has 116 valence electrons. The van der Waals surface area contributed by atoms with Gasteiger partial charge in [-0.05, 0) is 18.9 Å². The van der Waals surface area contributed by atoms with Gasteiger partial charge in [0.1, 0.15) is 5.82 Å². The first-order chi connectivity index (χ1) is 11.2. The molecule has 4 rings (SSSR count). The quantitative estimate of drug-likeness (QED) is 0.737. The molecular formula is C15H14N6O2. The van der Waals surface area contributed by atoms with E-state index in [4.69, 9.17) is 0 Å². The normalized spacial score (nSPS) is 13.7. The number of benzene rings is 1. The second kappa shape index (κ2) is 5.31. The van der Waals surface area contributed by atoms with Crippen LogP contribution in [0.4, 0.5) is 5.95 Å². The van der Waals surface area contributed by atoms with E-state index in [1.54, 1.807) is 24.3 Å². The van der Waals surface area contributed by atoms with Crippen molar-refractivity contribution in [2.24, 2.45) is 0 Å². The van der Waals surface area contributed by atoms with Crippen molar-refractivity contribution >= 4 is 22.6 Å². The smallest absolute Gasteiger partial charge is 0.279 e. The van der Waals surface area contributed by atoms with Crippen molar-refractivity contribution < 1.29 is 4.79 Å². The van der Waals surface area contributed by atoms with Crippen LogP contribution in [0.5, 0.6) is 0 Å². The predicted octanol–water partition coefficient (Wildman–Crippen LogP) is 1.10. The number of aromatic amines is 1. The van der Waals surface area contributed by atoms with Crippen LogP contribution in [0.15, 0.2) is 29.1 Å². The van der Waals surface area contributed by atoms with E-state index in [-0.39, 0.29) is 11.3 Å². The van der Waals surface area contributed by atoms with E-state index >= 15 is 0 Å². The Balaban J connectivity index is 1.72. The lowest BCUT2D eigenvalue weighted by Crippen LogP contribution is -2.22. The number of carbonyl (C=O) groups excluding carboxylic acids is 1. The Bertz CT molecular complexity index is 958. The standard InChI is InChI=1S/C15H14N6O2/c22-13-10-6-2-1-5-9(10)12(18-19-13)14(23)16-15-20-17-11-7-3-4-8-21(11)15/h1-2,5-6H,3-4,7-8H2,(H,19,22)(H,16,20,23). The van der Waals surface area contributed by atoms with Crippen LogP contribution in [-0.4, -0.2) is 30.9 Å². The summed E-state index contributed by atoms with van der Waals surface area (Å²) in [7, 11) is 0. The lowest BCUT2D eigenvalue weighted by atomic mass is 10.1. The molecular weight excluding hydrogens is 296 g/mol. The van der Waals surface area contributed by atoms with Gasteiger partial charge in [-0.25, -0.2) is 5.10 Å². The van der Waals surface area contributed by atoms with Gasteiger partial charge in [0.05, 0.1) is 5.39 Å². The van der Waals surface area contributed by atoms with Crippen molar-refractivity contribution in [3.63, 3.8) is 0 Å². The lowest BCUT2D eigenvalue weighted by Gasteiger charge is -2.14. The van der Waals surface area contributed by atoms with Gasteiger partial charge in [0.25, 0.3) is 11.5 Å². The number of anilines is 1. The number of hydrogen-bond donors (Lipinski definition) is 2. The predicted molar refractivity (Wildman–Crippen MR) is 83.3 cm³/mol. The number of hydrogen-bond acceptors (Lipinski definition) is 5. The molecule has 0 radical (unpaired) electrons. The second-order valence-corrected chi connectivity index (χ2v) is 5.45. The molecule has 0 fully saturated rings. The van der Waals surface area contributed by atoms with Crippen molar-refractivity contribution in [1.82, 2.24) is 25.0 Å². The fraction of sp³-hybridized carbons (Fsp3) is 0.267. The highest BCUT2D eigenvalue weighted by molar-refractivity contribution is 6.10. The minimum absolute atomic E-state index is 0.161. The van der Waals surface area contributed by atoms with Crippen LogP contribution < -0.4 is 10.9 Å². The van der Waals surface area contributed by atoms with Crippen LogP contribution in [0.1, 0.15) is 29.2 Å². The summed E-state index contributed by atoms with van der Waals surface area (Å²) < 4.78 is 1.91. The lowest BCUT2D eigenvalue weighted by molar-refractivity contribution is 0.102. The summed E-state index contributed by atoms with van der Waals surface area (Å²) >= 11 is 0. The molecule has 0 unspecified atom stereocenters. The summed E-state index contributed by atoms with van der Waals surface area (Å²) in [6.45, 7) is 0.789. The third kappa shape index (κ3) is 2.28. The SMILES string of the molecule is O=C(Nc1nnc2n1CCCC2)c1n[nH]c(=O)c2ccccc12. The number of nitrogens with zero attached hydrogens (tertiary/aromatic N) is 4. The Labute approximate surface area is 130 Å². The highest BCUT2D eigenvalue weighted by Crippen LogP contribution is 2.19. The first-order valence-corrected chi connectivity index (χ1v) is 7.45. The summed E-state index contributed by atoms with van der Waals surface area (Å²) in [6, 6.07) is 6.87. The molecule has 0 bridgehead atoms. The average molecular weight is 310 g/mol. The number of amides is 1. The summed E-state index contributed by atoms with van der Waals surface area (Å²) in [5, 5.41) is 18.1. The molecule has 23 heavy (non-hydrogen) atoms. The van der Waals surface area contributed by atoms with Gasteiger partial charge >= 0.3 is 0 Å². The molecule has 2 aromatic heterocycles. The molecule has 0 saturated carbocycles. The van der Waals surface area contributed by atoms with Gasteiger partial charge in [-0.2, -0.15) is 5.10 Å². The molecule has 3 heterocycles. The van der Waals surface area contributed by atoms with Crippen LogP contribution in [0, 0.1) is 0 Å². The average Bonchev–Trinajstić information content (AvgIpc) is 2.98. The minimum Gasteiger partial charge on any atom is -0.297 e. The third-order valence-electron chi connectivity index (χ3n) is 4.00. The van der Waals surface area contributed by atoms with E-state index in [1.165, 1.54) is 0 Å². The molecule has 0 saturated heterocycles. The number of aromatic nitrogens is 5. The topological polar surface area (TPSA) is 106 Å². The number of H-pyrrole nitrogens is 1. The molecule has 8 heteroatoms. The van der Waals surface area contributed by atoms with Gasteiger partial charge in [-0.3, -0.25) is 19.5 Å². The van der Waals surface area contributed by atoms with Gasteiger partial charge in [0, 0.05) is 18.4 Å². The summed E-state index contributed by atoms with van der Waals surface area (Å²) in [5.41, 5.74) is -0.162. The van der Waals surface area contributed by atoms with Crippen LogP contribution in [0.2, 0.25) is 0 Å². The Hall–Kier alpha value is -3.03. The maximum atomic E-state index is 12.5. The Kier molecular flexibility index (Phi) is 3.14. The zero-order chi connectivity index (χ0) is 15.8. The molecule has 0 spiro atoms. The molecule has 0 atom stereocenters.